The fourth-order valence-corrected chi connectivity index (χ4v) is 3.20. The third kappa shape index (κ3) is 4.88. The molecule has 1 fully saturated rings. The Kier molecular flexibility index (Phi) is 6.10. The van der Waals surface area contributed by atoms with E-state index in [1.165, 1.54) is 0 Å². The van der Waals surface area contributed by atoms with E-state index in [1.807, 2.05) is 18.2 Å². The average molecular weight is 365 g/mol. The number of carbonyl (C=O) groups is 1. The van der Waals surface area contributed by atoms with Gasteiger partial charge in [-0.05, 0) is 43.0 Å². The van der Waals surface area contributed by atoms with Crippen molar-refractivity contribution in [2.45, 2.75) is 12.8 Å². The molecule has 2 N–H and O–H groups in total. The summed E-state index contributed by atoms with van der Waals surface area (Å²) in [5, 5.41) is 15.0. The highest BCUT2D eigenvalue weighted by atomic mass is 16.5. The van der Waals surface area contributed by atoms with Crippen LogP contribution in [-0.4, -0.2) is 37.8 Å². The van der Waals surface area contributed by atoms with Gasteiger partial charge < -0.3 is 20.3 Å². The molecule has 0 radical (unpaired) electrons. The van der Waals surface area contributed by atoms with E-state index < -0.39 is 0 Å². The fraction of sp³-hybridized carbons (Fsp3) is 0.350. The summed E-state index contributed by atoms with van der Waals surface area (Å²) in [5.74, 6) is 1.86. The van der Waals surface area contributed by atoms with Crippen molar-refractivity contribution in [1.82, 2.24) is 10.3 Å². The number of urea groups is 1. The van der Waals surface area contributed by atoms with Crippen molar-refractivity contribution in [3.8, 4) is 11.8 Å². The minimum Gasteiger partial charge on any atom is -0.497 e. The summed E-state index contributed by atoms with van der Waals surface area (Å²) >= 11 is 0. The van der Waals surface area contributed by atoms with E-state index in [0.29, 0.717) is 29.5 Å². The molecule has 1 aliphatic heterocycles. The van der Waals surface area contributed by atoms with Crippen LogP contribution in [0.2, 0.25) is 0 Å². The van der Waals surface area contributed by atoms with Gasteiger partial charge in [-0.2, -0.15) is 5.26 Å². The number of pyridine rings is 1. The van der Waals surface area contributed by atoms with E-state index in [2.05, 4.69) is 26.6 Å². The Bertz CT molecular complexity index is 825. The molecule has 2 amide bonds. The van der Waals surface area contributed by atoms with E-state index in [4.69, 9.17) is 4.74 Å². The van der Waals surface area contributed by atoms with Crippen molar-refractivity contribution in [1.29, 1.82) is 5.26 Å². The molecule has 3 rings (SSSR count). The van der Waals surface area contributed by atoms with Gasteiger partial charge in [-0.15, -0.1) is 0 Å². The average Bonchev–Trinajstić information content (AvgIpc) is 2.72. The van der Waals surface area contributed by atoms with Crippen molar-refractivity contribution in [3.05, 3.63) is 48.2 Å². The smallest absolute Gasteiger partial charge is 0.319 e. The number of nitriles is 1. The van der Waals surface area contributed by atoms with Gasteiger partial charge in [0.05, 0.1) is 12.7 Å². The lowest BCUT2D eigenvalue weighted by Crippen LogP contribution is -2.40. The lowest BCUT2D eigenvalue weighted by Gasteiger charge is -2.33. The van der Waals surface area contributed by atoms with Gasteiger partial charge in [0.2, 0.25) is 0 Å². The summed E-state index contributed by atoms with van der Waals surface area (Å²) in [6.07, 6.45) is 3.61. The molecule has 0 atom stereocenters. The van der Waals surface area contributed by atoms with Crippen LogP contribution in [0, 0.1) is 17.2 Å². The number of ether oxygens (including phenoxy) is 1. The number of methoxy groups -OCH3 is 1. The standard InChI is InChI=1S/C20H23N5O2/c1-27-18-6-2-5-17(12-18)24-20(26)23-14-15-7-10-25(11-8-15)19-16(13-21)4-3-9-22-19/h2-6,9,12,15H,7-8,10-11,14H2,1H3,(H2,23,24,26). The van der Waals surface area contributed by atoms with Gasteiger partial charge in [0.15, 0.2) is 0 Å². The van der Waals surface area contributed by atoms with Crippen LogP contribution < -0.4 is 20.3 Å². The maximum atomic E-state index is 12.1. The molecule has 27 heavy (non-hydrogen) atoms. The number of carbonyl (C=O) groups excluding carboxylic acids is 1. The van der Waals surface area contributed by atoms with Crippen LogP contribution in [0.5, 0.6) is 5.75 Å². The highest BCUT2D eigenvalue weighted by molar-refractivity contribution is 5.89. The molecule has 1 aromatic heterocycles. The van der Waals surface area contributed by atoms with Gasteiger partial charge in [0.25, 0.3) is 0 Å². The zero-order valence-corrected chi connectivity index (χ0v) is 15.3. The normalized spacial score (nSPS) is 14.3. The maximum absolute atomic E-state index is 12.1. The summed E-state index contributed by atoms with van der Waals surface area (Å²) in [5.41, 5.74) is 1.30. The summed E-state index contributed by atoms with van der Waals surface area (Å²) in [6, 6.07) is 12.8. The first-order valence-corrected chi connectivity index (χ1v) is 8.98. The van der Waals surface area contributed by atoms with Crippen LogP contribution in [0.15, 0.2) is 42.6 Å². The Hall–Kier alpha value is -3.27. The summed E-state index contributed by atoms with van der Waals surface area (Å²) in [4.78, 5) is 18.6. The van der Waals surface area contributed by atoms with Crippen molar-refractivity contribution in [3.63, 3.8) is 0 Å². The SMILES string of the molecule is COc1cccc(NC(=O)NCC2CCN(c3ncccc3C#N)CC2)c1. The summed E-state index contributed by atoms with van der Waals surface area (Å²) in [6.45, 7) is 2.28. The Labute approximate surface area is 159 Å². The quantitative estimate of drug-likeness (QED) is 0.850. The number of hydrogen-bond donors (Lipinski definition) is 2. The summed E-state index contributed by atoms with van der Waals surface area (Å²) < 4.78 is 5.15. The molecule has 2 aromatic rings. The largest absolute Gasteiger partial charge is 0.497 e. The van der Waals surface area contributed by atoms with Crippen molar-refractivity contribution in [2.24, 2.45) is 5.92 Å². The third-order valence-electron chi connectivity index (χ3n) is 4.70. The van der Waals surface area contributed by atoms with Crippen molar-refractivity contribution in [2.75, 3.05) is 37.0 Å². The molecule has 7 heteroatoms. The fourth-order valence-electron chi connectivity index (χ4n) is 3.20. The molecule has 0 aliphatic carbocycles. The van der Waals surface area contributed by atoms with Crippen molar-refractivity contribution >= 4 is 17.5 Å². The van der Waals surface area contributed by atoms with E-state index in [1.54, 1.807) is 31.5 Å². The lowest BCUT2D eigenvalue weighted by atomic mass is 9.96. The highest BCUT2D eigenvalue weighted by Crippen LogP contribution is 2.24. The molecule has 140 valence electrons. The number of hydrogen-bond acceptors (Lipinski definition) is 5. The van der Waals surface area contributed by atoms with Gasteiger partial charge >= 0.3 is 6.03 Å². The maximum Gasteiger partial charge on any atom is 0.319 e. The molecule has 1 aromatic carbocycles. The first kappa shape index (κ1) is 18.5. The Balaban J connectivity index is 1.45. The molecule has 0 bridgehead atoms. The highest BCUT2D eigenvalue weighted by Gasteiger charge is 2.22. The number of rotatable bonds is 5. The molecule has 1 saturated heterocycles. The molecule has 0 spiro atoms. The Morgan fingerprint density at radius 2 is 2.15 bits per heavy atom. The molecular weight excluding hydrogens is 342 g/mol. The van der Waals surface area contributed by atoms with Crippen LogP contribution in [0.3, 0.4) is 0 Å². The monoisotopic (exact) mass is 365 g/mol. The van der Waals surface area contributed by atoms with Gasteiger partial charge in [-0.25, -0.2) is 9.78 Å². The van der Waals surface area contributed by atoms with Crippen LogP contribution in [0.1, 0.15) is 18.4 Å². The molecular formula is C20H23N5O2. The number of nitrogens with zero attached hydrogens (tertiary/aromatic N) is 3. The molecule has 7 nitrogen and oxygen atoms in total. The second-order valence-electron chi connectivity index (χ2n) is 6.48. The van der Waals surface area contributed by atoms with Crippen LogP contribution in [0.25, 0.3) is 0 Å². The number of amides is 2. The second-order valence-corrected chi connectivity index (χ2v) is 6.48. The predicted octanol–water partition coefficient (Wildman–Crippen LogP) is 3.00. The van der Waals surface area contributed by atoms with E-state index in [-0.39, 0.29) is 6.03 Å². The zero-order chi connectivity index (χ0) is 19.1. The molecule has 1 aliphatic rings. The second kappa shape index (κ2) is 8.90. The lowest BCUT2D eigenvalue weighted by molar-refractivity contribution is 0.248. The molecule has 0 saturated carbocycles. The third-order valence-corrected chi connectivity index (χ3v) is 4.70. The Morgan fingerprint density at radius 1 is 1.33 bits per heavy atom. The van der Waals surface area contributed by atoms with Gasteiger partial charge in [0.1, 0.15) is 17.6 Å². The summed E-state index contributed by atoms with van der Waals surface area (Å²) in [7, 11) is 1.59. The number of benzene rings is 1. The van der Waals surface area contributed by atoms with Gasteiger partial charge in [-0.1, -0.05) is 6.07 Å². The number of piperidine rings is 1. The topological polar surface area (TPSA) is 90.3 Å². The van der Waals surface area contributed by atoms with E-state index in [0.717, 1.165) is 31.7 Å². The van der Waals surface area contributed by atoms with E-state index in [9.17, 15) is 10.1 Å². The van der Waals surface area contributed by atoms with Gasteiger partial charge in [-0.3, -0.25) is 0 Å². The van der Waals surface area contributed by atoms with Crippen LogP contribution >= 0.6 is 0 Å². The van der Waals surface area contributed by atoms with Crippen molar-refractivity contribution < 1.29 is 9.53 Å². The van der Waals surface area contributed by atoms with E-state index >= 15 is 0 Å². The minimum absolute atomic E-state index is 0.220. The Morgan fingerprint density at radius 3 is 2.89 bits per heavy atom. The zero-order valence-electron chi connectivity index (χ0n) is 15.3. The predicted molar refractivity (Wildman–Crippen MR) is 104 cm³/mol. The first-order valence-electron chi connectivity index (χ1n) is 8.98. The minimum atomic E-state index is -0.220. The molecule has 0 unspecified atom stereocenters. The molecule has 2 heterocycles. The number of aromatic nitrogens is 1. The van der Waals surface area contributed by atoms with Crippen LogP contribution in [0.4, 0.5) is 16.3 Å². The first-order chi connectivity index (χ1) is 13.2. The number of nitrogens with one attached hydrogen (secondary N) is 2. The van der Waals surface area contributed by atoms with Crippen LogP contribution in [-0.2, 0) is 0 Å². The van der Waals surface area contributed by atoms with Gasteiger partial charge in [0, 0.05) is 37.6 Å². The number of anilines is 2.